The van der Waals surface area contributed by atoms with Crippen LogP contribution in [-0.4, -0.2) is 39.1 Å². The third kappa shape index (κ3) is 4.91. The van der Waals surface area contributed by atoms with Gasteiger partial charge in [0.05, 0.1) is 18.0 Å². The number of nitrogens with zero attached hydrogens (tertiary/aromatic N) is 1. The Labute approximate surface area is 165 Å². The molecular formula is C18H17F3N2O5S. The molecule has 156 valence electrons. The lowest BCUT2D eigenvalue weighted by Gasteiger charge is -2.34. The Balaban J connectivity index is 1.76. The summed E-state index contributed by atoms with van der Waals surface area (Å²) < 4.78 is 72.0. The van der Waals surface area contributed by atoms with Crippen LogP contribution in [0.4, 0.5) is 24.5 Å². The number of sulfonamides is 1. The first-order chi connectivity index (χ1) is 13.6. The van der Waals surface area contributed by atoms with Crippen LogP contribution in [0.1, 0.15) is 6.92 Å². The standard InChI is InChI=1S/C18H17F3N2O5S/c1-2-29(25,26)23-11-16(27-15-6-4-3-5-14(15)23)17(24)22-12-7-9-13(10-8-12)28-18(19,20)21/h3-10,16H,2,11H2,1H3,(H,22,24)/t16-/m1/s1. The fraction of sp³-hybridized carbons (Fsp3) is 0.278. The summed E-state index contributed by atoms with van der Waals surface area (Å²) in [6, 6.07) is 11.0. The van der Waals surface area contributed by atoms with E-state index in [-0.39, 0.29) is 23.7 Å². The molecule has 7 nitrogen and oxygen atoms in total. The van der Waals surface area contributed by atoms with Gasteiger partial charge in [0.1, 0.15) is 11.5 Å². The summed E-state index contributed by atoms with van der Waals surface area (Å²) in [6.45, 7) is 1.27. The molecule has 0 aromatic heterocycles. The van der Waals surface area contributed by atoms with E-state index in [0.29, 0.717) is 5.69 Å². The highest BCUT2D eigenvalue weighted by atomic mass is 32.2. The number of hydrogen-bond donors (Lipinski definition) is 1. The van der Waals surface area contributed by atoms with E-state index in [1.54, 1.807) is 24.3 Å². The van der Waals surface area contributed by atoms with Gasteiger partial charge in [0.15, 0.2) is 6.10 Å². The zero-order valence-electron chi connectivity index (χ0n) is 15.1. The highest BCUT2D eigenvalue weighted by molar-refractivity contribution is 7.92. The fourth-order valence-electron chi connectivity index (χ4n) is 2.72. The molecule has 0 bridgehead atoms. The summed E-state index contributed by atoms with van der Waals surface area (Å²) in [5.74, 6) is -0.986. The molecule has 0 radical (unpaired) electrons. The molecule has 0 saturated carbocycles. The molecule has 2 aromatic rings. The van der Waals surface area contributed by atoms with Crippen LogP contribution in [0, 0.1) is 0 Å². The number of amides is 1. The van der Waals surface area contributed by atoms with Gasteiger partial charge in [-0.1, -0.05) is 12.1 Å². The lowest BCUT2D eigenvalue weighted by Crippen LogP contribution is -2.49. The van der Waals surface area contributed by atoms with Gasteiger partial charge in [0.2, 0.25) is 10.0 Å². The fourth-order valence-corrected chi connectivity index (χ4v) is 3.85. The third-order valence-corrected chi connectivity index (χ3v) is 5.83. The van der Waals surface area contributed by atoms with Crippen LogP contribution in [0.3, 0.4) is 0 Å². The molecule has 0 fully saturated rings. The van der Waals surface area contributed by atoms with Crippen molar-refractivity contribution >= 4 is 27.3 Å². The minimum absolute atomic E-state index is 0.156. The van der Waals surface area contributed by atoms with Crippen LogP contribution in [0.2, 0.25) is 0 Å². The van der Waals surface area contributed by atoms with Gasteiger partial charge in [-0.25, -0.2) is 8.42 Å². The second-order valence-corrected chi connectivity index (χ2v) is 8.25. The van der Waals surface area contributed by atoms with Crippen LogP contribution >= 0.6 is 0 Å². The van der Waals surface area contributed by atoms with Gasteiger partial charge in [0.25, 0.3) is 5.91 Å². The van der Waals surface area contributed by atoms with E-state index in [1.807, 2.05) is 0 Å². The lowest BCUT2D eigenvalue weighted by molar-refractivity contribution is -0.274. The Morgan fingerprint density at radius 3 is 2.48 bits per heavy atom. The first-order valence-electron chi connectivity index (χ1n) is 8.52. The summed E-state index contributed by atoms with van der Waals surface area (Å²) in [4.78, 5) is 12.6. The van der Waals surface area contributed by atoms with Gasteiger partial charge >= 0.3 is 6.36 Å². The van der Waals surface area contributed by atoms with Crippen LogP contribution in [0.25, 0.3) is 0 Å². The molecule has 1 aliphatic rings. The number of ether oxygens (including phenoxy) is 2. The average molecular weight is 430 g/mol. The maximum atomic E-state index is 12.6. The Hall–Kier alpha value is -2.95. The predicted octanol–water partition coefficient (Wildman–Crippen LogP) is 3.14. The van der Waals surface area contributed by atoms with E-state index in [4.69, 9.17) is 4.74 Å². The summed E-state index contributed by atoms with van der Waals surface area (Å²) in [7, 11) is -3.65. The molecule has 1 heterocycles. The van der Waals surface area contributed by atoms with Crippen molar-refractivity contribution in [2.24, 2.45) is 0 Å². The summed E-state index contributed by atoms with van der Waals surface area (Å²) in [6.07, 6.45) is -5.96. The molecule has 1 amide bonds. The quantitative estimate of drug-likeness (QED) is 0.788. The third-order valence-electron chi connectivity index (χ3n) is 4.08. The molecule has 3 rings (SSSR count). The normalized spacial score (nSPS) is 16.6. The number of carbonyl (C=O) groups excluding carboxylic acids is 1. The topological polar surface area (TPSA) is 84.9 Å². The van der Waals surface area contributed by atoms with Gasteiger partial charge in [-0.3, -0.25) is 9.10 Å². The molecule has 0 saturated heterocycles. The predicted molar refractivity (Wildman–Crippen MR) is 99.4 cm³/mol. The maximum absolute atomic E-state index is 12.6. The number of benzene rings is 2. The maximum Gasteiger partial charge on any atom is 0.573 e. The van der Waals surface area contributed by atoms with E-state index >= 15 is 0 Å². The minimum atomic E-state index is -4.82. The molecule has 0 aliphatic carbocycles. The van der Waals surface area contributed by atoms with Crippen molar-refractivity contribution in [3.05, 3.63) is 48.5 Å². The Kier molecular flexibility index (Phi) is 5.60. The number of nitrogens with one attached hydrogen (secondary N) is 1. The number of carbonyl (C=O) groups is 1. The van der Waals surface area contributed by atoms with E-state index in [1.165, 1.54) is 19.1 Å². The lowest BCUT2D eigenvalue weighted by atomic mass is 10.2. The molecule has 2 aromatic carbocycles. The van der Waals surface area contributed by atoms with Crippen molar-refractivity contribution in [1.82, 2.24) is 0 Å². The van der Waals surface area contributed by atoms with Crippen LogP contribution in [0.5, 0.6) is 11.5 Å². The summed E-state index contributed by atoms with van der Waals surface area (Å²) in [5.41, 5.74) is 0.545. The Morgan fingerprint density at radius 2 is 1.86 bits per heavy atom. The van der Waals surface area contributed by atoms with Crippen molar-refractivity contribution < 1.29 is 35.9 Å². The number of hydrogen-bond acceptors (Lipinski definition) is 5. The second kappa shape index (κ2) is 7.82. The molecule has 1 N–H and O–H groups in total. The number of para-hydroxylation sites is 2. The Morgan fingerprint density at radius 1 is 1.21 bits per heavy atom. The van der Waals surface area contributed by atoms with Gasteiger partial charge in [-0.15, -0.1) is 13.2 Å². The highest BCUT2D eigenvalue weighted by Gasteiger charge is 2.36. The van der Waals surface area contributed by atoms with Crippen LogP contribution in [0.15, 0.2) is 48.5 Å². The largest absolute Gasteiger partial charge is 0.573 e. The van der Waals surface area contributed by atoms with E-state index in [9.17, 15) is 26.4 Å². The number of alkyl halides is 3. The van der Waals surface area contributed by atoms with Gasteiger partial charge < -0.3 is 14.8 Å². The van der Waals surface area contributed by atoms with E-state index < -0.39 is 34.1 Å². The van der Waals surface area contributed by atoms with Crippen molar-refractivity contribution in [3.8, 4) is 11.5 Å². The number of halogens is 3. The monoisotopic (exact) mass is 430 g/mol. The number of anilines is 2. The molecule has 1 atom stereocenters. The van der Waals surface area contributed by atoms with Gasteiger partial charge in [-0.05, 0) is 43.3 Å². The summed E-state index contributed by atoms with van der Waals surface area (Å²) >= 11 is 0. The first kappa shape index (κ1) is 20.8. The number of fused-ring (bicyclic) bond motifs is 1. The minimum Gasteiger partial charge on any atom is -0.476 e. The van der Waals surface area contributed by atoms with E-state index in [0.717, 1.165) is 16.4 Å². The SMILES string of the molecule is CCS(=O)(=O)N1C[C@H](C(=O)Nc2ccc(OC(F)(F)F)cc2)Oc2ccccc21. The zero-order valence-corrected chi connectivity index (χ0v) is 16.0. The smallest absolute Gasteiger partial charge is 0.476 e. The Bertz CT molecular complexity index is 993. The molecule has 11 heteroatoms. The summed E-state index contributed by atoms with van der Waals surface area (Å²) in [5, 5.41) is 2.50. The zero-order chi connectivity index (χ0) is 21.2. The molecule has 0 spiro atoms. The van der Waals surface area contributed by atoms with Crippen LogP contribution < -0.4 is 19.1 Å². The molecular weight excluding hydrogens is 413 g/mol. The second-order valence-electron chi connectivity index (χ2n) is 6.07. The molecule has 1 aliphatic heterocycles. The average Bonchev–Trinajstić information content (AvgIpc) is 2.67. The van der Waals surface area contributed by atoms with Crippen molar-refractivity contribution in [2.45, 2.75) is 19.4 Å². The first-order valence-corrected chi connectivity index (χ1v) is 10.1. The molecule has 0 unspecified atom stereocenters. The molecule has 29 heavy (non-hydrogen) atoms. The van der Waals surface area contributed by atoms with Crippen LogP contribution in [-0.2, 0) is 14.8 Å². The van der Waals surface area contributed by atoms with Crippen molar-refractivity contribution in [2.75, 3.05) is 21.9 Å². The van der Waals surface area contributed by atoms with Gasteiger partial charge in [0, 0.05) is 5.69 Å². The van der Waals surface area contributed by atoms with Crippen molar-refractivity contribution in [1.29, 1.82) is 0 Å². The number of rotatable bonds is 5. The highest BCUT2D eigenvalue weighted by Crippen LogP contribution is 2.35. The van der Waals surface area contributed by atoms with Gasteiger partial charge in [-0.2, -0.15) is 0 Å². The van der Waals surface area contributed by atoms with E-state index in [2.05, 4.69) is 10.1 Å². The van der Waals surface area contributed by atoms with Crippen molar-refractivity contribution in [3.63, 3.8) is 0 Å².